The number of nitriles is 1. The van der Waals surface area contributed by atoms with Gasteiger partial charge in [0.1, 0.15) is 5.75 Å². The highest BCUT2D eigenvalue weighted by molar-refractivity contribution is 5.71. The Morgan fingerprint density at radius 3 is 2.61 bits per heavy atom. The van der Waals surface area contributed by atoms with Gasteiger partial charge in [-0.3, -0.25) is 0 Å². The maximum Gasteiger partial charge on any atom is 0.126 e. The van der Waals surface area contributed by atoms with Crippen LogP contribution in [0.5, 0.6) is 5.75 Å². The van der Waals surface area contributed by atoms with Gasteiger partial charge < -0.3 is 4.74 Å². The standard InChI is InChI=1S/C16H15NO/c1-12-11-14(8-7-13(12)9-10-17)15-5-3-4-6-16(15)18-2/h3-8,11H,9H2,1-2H3. The van der Waals surface area contributed by atoms with Crippen molar-refractivity contribution in [3.8, 4) is 22.9 Å². The molecule has 0 spiro atoms. The highest BCUT2D eigenvalue weighted by atomic mass is 16.5. The predicted molar refractivity (Wildman–Crippen MR) is 72.5 cm³/mol. The number of nitrogens with zero attached hydrogens (tertiary/aromatic N) is 1. The zero-order chi connectivity index (χ0) is 13.0. The van der Waals surface area contributed by atoms with Crippen molar-refractivity contribution in [1.82, 2.24) is 0 Å². The molecule has 2 heteroatoms. The first-order valence-corrected chi connectivity index (χ1v) is 5.86. The quantitative estimate of drug-likeness (QED) is 0.814. The summed E-state index contributed by atoms with van der Waals surface area (Å²) in [4.78, 5) is 0. The average Bonchev–Trinajstić information content (AvgIpc) is 2.41. The van der Waals surface area contributed by atoms with E-state index in [2.05, 4.69) is 12.1 Å². The van der Waals surface area contributed by atoms with Gasteiger partial charge in [0.25, 0.3) is 0 Å². The molecule has 0 bridgehead atoms. The summed E-state index contributed by atoms with van der Waals surface area (Å²) in [5.41, 5.74) is 4.41. The first-order chi connectivity index (χ1) is 8.76. The average molecular weight is 237 g/mol. The molecule has 0 aliphatic heterocycles. The second-order valence-electron chi connectivity index (χ2n) is 4.18. The Morgan fingerprint density at radius 2 is 1.94 bits per heavy atom. The Labute approximate surface area is 107 Å². The first kappa shape index (κ1) is 12.2. The van der Waals surface area contributed by atoms with Crippen LogP contribution >= 0.6 is 0 Å². The largest absolute Gasteiger partial charge is 0.496 e. The van der Waals surface area contributed by atoms with E-state index in [0.717, 1.165) is 28.0 Å². The number of hydrogen-bond donors (Lipinski definition) is 0. The number of aryl methyl sites for hydroxylation is 1. The van der Waals surface area contributed by atoms with Gasteiger partial charge >= 0.3 is 0 Å². The Bertz CT molecular complexity index is 596. The molecule has 0 aliphatic rings. The number of ether oxygens (including phenoxy) is 1. The van der Waals surface area contributed by atoms with Gasteiger partial charge in [-0.05, 0) is 29.7 Å². The molecular weight excluding hydrogens is 222 g/mol. The number of rotatable bonds is 3. The van der Waals surface area contributed by atoms with Crippen LogP contribution in [0.15, 0.2) is 42.5 Å². The summed E-state index contributed by atoms with van der Waals surface area (Å²) in [5.74, 6) is 0.866. The van der Waals surface area contributed by atoms with Crippen LogP contribution in [-0.2, 0) is 6.42 Å². The molecule has 18 heavy (non-hydrogen) atoms. The van der Waals surface area contributed by atoms with Gasteiger partial charge in [0.15, 0.2) is 0 Å². The van der Waals surface area contributed by atoms with Crippen LogP contribution in [0, 0.1) is 18.3 Å². The van der Waals surface area contributed by atoms with E-state index < -0.39 is 0 Å². The van der Waals surface area contributed by atoms with Gasteiger partial charge in [-0.2, -0.15) is 5.26 Å². The topological polar surface area (TPSA) is 33.0 Å². The summed E-state index contributed by atoms with van der Waals surface area (Å²) >= 11 is 0. The summed E-state index contributed by atoms with van der Waals surface area (Å²) < 4.78 is 5.37. The molecular formula is C16H15NO. The van der Waals surface area contributed by atoms with Crippen LogP contribution in [0.4, 0.5) is 0 Å². The molecule has 2 nitrogen and oxygen atoms in total. The van der Waals surface area contributed by atoms with Crippen LogP contribution in [-0.4, -0.2) is 7.11 Å². The molecule has 0 saturated carbocycles. The third-order valence-corrected chi connectivity index (χ3v) is 3.03. The zero-order valence-corrected chi connectivity index (χ0v) is 10.6. The van der Waals surface area contributed by atoms with Crippen molar-refractivity contribution >= 4 is 0 Å². The second kappa shape index (κ2) is 5.37. The zero-order valence-electron chi connectivity index (χ0n) is 10.6. The smallest absolute Gasteiger partial charge is 0.126 e. The molecule has 0 amide bonds. The predicted octanol–water partition coefficient (Wildman–Crippen LogP) is 3.74. The van der Waals surface area contributed by atoms with Crippen LogP contribution in [0.2, 0.25) is 0 Å². The van der Waals surface area contributed by atoms with Crippen molar-refractivity contribution in [2.45, 2.75) is 13.3 Å². The van der Waals surface area contributed by atoms with Crippen molar-refractivity contribution < 1.29 is 4.74 Å². The van der Waals surface area contributed by atoms with Crippen LogP contribution < -0.4 is 4.74 Å². The SMILES string of the molecule is COc1ccccc1-c1ccc(CC#N)c(C)c1. The van der Waals surface area contributed by atoms with Gasteiger partial charge in [-0.1, -0.05) is 36.4 Å². The van der Waals surface area contributed by atoms with E-state index in [0.29, 0.717) is 6.42 Å². The van der Waals surface area contributed by atoms with Gasteiger partial charge in [-0.25, -0.2) is 0 Å². The highest BCUT2D eigenvalue weighted by Crippen LogP contribution is 2.30. The molecule has 0 aliphatic carbocycles. The van der Waals surface area contributed by atoms with Crippen LogP contribution in [0.3, 0.4) is 0 Å². The van der Waals surface area contributed by atoms with Crippen molar-refractivity contribution in [3.05, 3.63) is 53.6 Å². The molecule has 2 rings (SSSR count). The maximum atomic E-state index is 8.74. The number of methoxy groups -OCH3 is 1. The van der Waals surface area contributed by atoms with Gasteiger partial charge in [0, 0.05) is 5.56 Å². The van der Waals surface area contributed by atoms with Crippen molar-refractivity contribution in [1.29, 1.82) is 5.26 Å². The molecule has 2 aromatic rings. The lowest BCUT2D eigenvalue weighted by molar-refractivity contribution is 0.416. The first-order valence-electron chi connectivity index (χ1n) is 5.86. The molecule has 0 aromatic heterocycles. The van der Waals surface area contributed by atoms with Crippen LogP contribution in [0.1, 0.15) is 11.1 Å². The van der Waals surface area contributed by atoms with Gasteiger partial charge in [-0.15, -0.1) is 0 Å². The summed E-state index contributed by atoms with van der Waals surface area (Å²) in [7, 11) is 1.68. The molecule has 0 radical (unpaired) electrons. The van der Waals surface area contributed by atoms with E-state index in [1.165, 1.54) is 0 Å². The summed E-state index contributed by atoms with van der Waals surface area (Å²) in [6, 6.07) is 16.3. The fourth-order valence-corrected chi connectivity index (χ4v) is 2.03. The fraction of sp³-hybridized carbons (Fsp3) is 0.188. The van der Waals surface area contributed by atoms with E-state index in [9.17, 15) is 0 Å². The van der Waals surface area contributed by atoms with E-state index in [1.807, 2.05) is 43.3 Å². The van der Waals surface area contributed by atoms with Gasteiger partial charge in [0.2, 0.25) is 0 Å². The Hall–Kier alpha value is -2.27. The molecule has 0 unspecified atom stereocenters. The van der Waals surface area contributed by atoms with E-state index in [4.69, 9.17) is 10.00 Å². The number of hydrogen-bond acceptors (Lipinski definition) is 2. The lowest BCUT2D eigenvalue weighted by atomic mass is 9.98. The Morgan fingerprint density at radius 1 is 1.17 bits per heavy atom. The monoisotopic (exact) mass is 237 g/mol. The van der Waals surface area contributed by atoms with Crippen molar-refractivity contribution in [2.75, 3.05) is 7.11 Å². The molecule has 0 fully saturated rings. The summed E-state index contributed by atoms with van der Waals surface area (Å²) in [6.07, 6.45) is 0.456. The third-order valence-electron chi connectivity index (χ3n) is 3.03. The molecule has 90 valence electrons. The lowest BCUT2D eigenvalue weighted by Gasteiger charge is -2.10. The van der Waals surface area contributed by atoms with E-state index >= 15 is 0 Å². The molecule has 0 saturated heterocycles. The van der Waals surface area contributed by atoms with Crippen molar-refractivity contribution in [3.63, 3.8) is 0 Å². The highest BCUT2D eigenvalue weighted by Gasteiger charge is 2.06. The normalized spacial score (nSPS) is 9.83. The van der Waals surface area contributed by atoms with E-state index in [-0.39, 0.29) is 0 Å². The molecule has 0 N–H and O–H groups in total. The van der Waals surface area contributed by atoms with Crippen LogP contribution in [0.25, 0.3) is 11.1 Å². The summed E-state index contributed by atoms with van der Waals surface area (Å²) in [6.45, 7) is 2.03. The minimum Gasteiger partial charge on any atom is -0.496 e. The van der Waals surface area contributed by atoms with E-state index in [1.54, 1.807) is 7.11 Å². The minimum atomic E-state index is 0.456. The lowest BCUT2D eigenvalue weighted by Crippen LogP contribution is -1.91. The third kappa shape index (κ3) is 2.36. The molecule has 2 aromatic carbocycles. The number of para-hydroxylation sites is 1. The fourth-order valence-electron chi connectivity index (χ4n) is 2.03. The second-order valence-corrected chi connectivity index (χ2v) is 4.18. The minimum absolute atomic E-state index is 0.456. The Kier molecular flexibility index (Phi) is 3.64. The van der Waals surface area contributed by atoms with Crippen molar-refractivity contribution in [2.24, 2.45) is 0 Å². The number of benzene rings is 2. The molecule has 0 heterocycles. The Balaban J connectivity index is 2.46. The molecule has 0 atom stereocenters. The summed E-state index contributed by atoms with van der Waals surface area (Å²) in [5, 5.41) is 8.74. The van der Waals surface area contributed by atoms with Gasteiger partial charge in [0.05, 0.1) is 19.6 Å². The maximum absolute atomic E-state index is 8.74.